The summed E-state index contributed by atoms with van der Waals surface area (Å²) in [6.07, 6.45) is 0. The van der Waals surface area contributed by atoms with Crippen molar-refractivity contribution in [1.29, 1.82) is 0 Å². The molecule has 0 aliphatic rings. The van der Waals surface area contributed by atoms with Gasteiger partial charge >= 0.3 is 0 Å². The molecule has 1 aromatic heterocycles. The molecule has 0 fully saturated rings. The summed E-state index contributed by atoms with van der Waals surface area (Å²) in [5.74, 6) is 0.734. The van der Waals surface area contributed by atoms with E-state index in [-0.39, 0.29) is 4.90 Å². The van der Waals surface area contributed by atoms with E-state index < -0.39 is 22.5 Å². The van der Waals surface area contributed by atoms with Crippen LogP contribution in [0.15, 0.2) is 94.2 Å². The minimum absolute atomic E-state index is 0.0467. The van der Waals surface area contributed by atoms with Gasteiger partial charge in [-0.2, -0.15) is 0 Å². The smallest absolute Gasteiger partial charge is 0.264 e. The first kappa shape index (κ1) is 24.7. The fourth-order valence-corrected chi connectivity index (χ4v) is 6.26. The van der Waals surface area contributed by atoms with E-state index in [1.165, 1.54) is 42.3 Å². The van der Waals surface area contributed by atoms with Gasteiger partial charge in [0, 0.05) is 5.75 Å². The van der Waals surface area contributed by atoms with Gasteiger partial charge < -0.3 is 4.74 Å². The molecule has 0 saturated carbocycles. The number of amides is 1. The Morgan fingerprint density at radius 3 is 2.29 bits per heavy atom. The number of nitrogens with one attached hydrogen (secondary N) is 1. The van der Waals surface area contributed by atoms with Gasteiger partial charge in [0.2, 0.25) is 11.0 Å². The van der Waals surface area contributed by atoms with Crippen LogP contribution in [0, 0.1) is 0 Å². The number of ether oxygens (including phenoxy) is 1. The number of carbonyl (C=O) groups is 1. The second kappa shape index (κ2) is 11.3. The molecule has 0 atom stereocenters. The van der Waals surface area contributed by atoms with Crippen molar-refractivity contribution in [3.05, 3.63) is 90.5 Å². The molecule has 0 spiro atoms. The lowest BCUT2D eigenvalue weighted by Crippen LogP contribution is -2.38. The first-order chi connectivity index (χ1) is 17.0. The minimum atomic E-state index is -4.02. The van der Waals surface area contributed by atoms with Crippen LogP contribution in [-0.4, -0.2) is 38.2 Å². The lowest BCUT2D eigenvalue weighted by Gasteiger charge is -2.23. The van der Waals surface area contributed by atoms with Crippen LogP contribution in [0.25, 0.3) is 0 Å². The zero-order valence-electron chi connectivity index (χ0n) is 18.7. The van der Waals surface area contributed by atoms with Crippen LogP contribution >= 0.6 is 23.1 Å². The quantitative estimate of drug-likeness (QED) is 0.237. The molecular weight excluding hydrogens is 504 g/mol. The molecule has 8 nitrogen and oxygen atoms in total. The number of thioether (sulfide) groups is 1. The van der Waals surface area contributed by atoms with Gasteiger partial charge in [-0.25, -0.2) is 8.42 Å². The molecule has 3 aromatic carbocycles. The molecule has 35 heavy (non-hydrogen) atoms. The average molecular weight is 527 g/mol. The minimum Gasteiger partial charge on any atom is -0.497 e. The summed E-state index contributed by atoms with van der Waals surface area (Å²) < 4.78 is 33.7. The number of benzene rings is 3. The molecule has 0 radical (unpaired) electrons. The molecule has 4 aromatic rings. The maximum atomic E-state index is 13.4. The van der Waals surface area contributed by atoms with Gasteiger partial charge in [0.25, 0.3) is 10.0 Å². The number of rotatable bonds is 10. The molecule has 11 heteroatoms. The third kappa shape index (κ3) is 6.38. The normalized spacial score (nSPS) is 11.1. The first-order valence-electron chi connectivity index (χ1n) is 10.5. The van der Waals surface area contributed by atoms with Gasteiger partial charge in [-0.3, -0.25) is 14.4 Å². The van der Waals surface area contributed by atoms with Crippen LogP contribution in [-0.2, 0) is 20.6 Å². The van der Waals surface area contributed by atoms with Crippen molar-refractivity contribution in [1.82, 2.24) is 10.2 Å². The van der Waals surface area contributed by atoms with Gasteiger partial charge in [0.1, 0.15) is 12.3 Å². The Labute approximate surface area is 212 Å². The summed E-state index contributed by atoms with van der Waals surface area (Å²) in [7, 11) is -2.52. The molecule has 0 aliphatic heterocycles. The highest BCUT2D eigenvalue weighted by Gasteiger charge is 2.27. The van der Waals surface area contributed by atoms with E-state index in [4.69, 9.17) is 4.74 Å². The molecule has 1 N–H and O–H groups in total. The van der Waals surface area contributed by atoms with Crippen LogP contribution in [0.5, 0.6) is 5.75 Å². The highest BCUT2D eigenvalue weighted by Crippen LogP contribution is 2.29. The van der Waals surface area contributed by atoms with Gasteiger partial charge in [-0.05, 0) is 42.0 Å². The van der Waals surface area contributed by atoms with Crippen molar-refractivity contribution in [2.24, 2.45) is 0 Å². The second-order valence-electron chi connectivity index (χ2n) is 7.22. The molecule has 4 rings (SSSR count). The van der Waals surface area contributed by atoms with Crippen molar-refractivity contribution in [2.45, 2.75) is 15.0 Å². The summed E-state index contributed by atoms with van der Waals surface area (Å²) in [5, 5.41) is 11.1. The molecule has 0 aliphatic carbocycles. The topological polar surface area (TPSA) is 101 Å². The van der Waals surface area contributed by atoms with Crippen molar-refractivity contribution in [3.63, 3.8) is 0 Å². The second-order valence-corrected chi connectivity index (χ2v) is 11.3. The Bertz CT molecular complexity index is 1360. The lowest BCUT2D eigenvalue weighted by atomic mass is 10.2. The van der Waals surface area contributed by atoms with Gasteiger partial charge in [0.05, 0.1) is 17.7 Å². The van der Waals surface area contributed by atoms with Gasteiger partial charge in [-0.15, -0.1) is 10.2 Å². The van der Waals surface area contributed by atoms with E-state index in [1.807, 2.05) is 30.3 Å². The number of nitrogens with zero attached hydrogens (tertiary/aromatic N) is 3. The molecular formula is C24H22N4O4S3. The molecule has 0 unspecified atom stereocenters. The number of anilines is 2. The Kier molecular flexibility index (Phi) is 8.01. The summed E-state index contributed by atoms with van der Waals surface area (Å²) in [6.45, 7) is -0.426. The fourth-order valence-electron chi connectivity index (χ4n) is 3.11. The number of methoxy groups -OCH3 is 1. The van der Waals surface area contributed by atoms with Crippen LogP contribution in [0.4, 0.5) is 10.8 Å². The highest BCUT2D eigenvalue weighted by molar-refractivity contribution is 8.00. The summed E-state index contributed by atoms with van der Waals surface area (Å²) in [5.41, 5.74) is 1.52. The maximum Gasteiger partial charge on any atom is 0.264 e. The molecule has 0 saturated heterocycles. The molecule has 180 valence electrons. The molecule has 0 bridgehead atoms. The third-order valence-electron chi connectivity index (χ3n) is 4.84. The summed E-state index contributed by atoms with van der Waals surface area (Å²) >= 11 is 2.75. The number of para-hydroxylation sites is 1. The Balaban J connectivity index is 1.47. The number of carbonyl (C=O) groups excluding carboxylic acids is 1. The number of sulfonamides is 1. The van der Waals surface area contributed by atoms with E-state index in [2.05, 4.69) is 15.5 Å². The van der Waals surface area contributed by atoms with Crippen molar-refractivity contribution < 1.29 is 17.9 Å². The van der Waals surface area contributed by atoms with E-state index >= 15 is 0 Å². The lowest BCUT2D eigenvalue weighted by molar-refractivity contribution is -0.114. The SMILES string of the molecule is COc1ccc(S(=O)(=O)N(CC(=O)Nc2nnc(SCc3ccccc3)s2)c2ccccc2)cc1. The predicted octanol–water partition coefficient (Wildman–Crippen LogP) is 4.67. The van der Waals surface area contributed by atoms with Crippen molar-refractivity contribution >= 4 is 49.8 Å². The first-order valence-corrected chi connectivity index (χ1v) is 13.7. The third-order valence-corrected chi connectivity index (χ3v) is 8.67. The fraction of sp³-hybridized carbons (Fsp3) is 0.125. The summed E-state index contributed by atoms with van der Waals surface area (Å²) in [6, 6.07) is 24.4. The Morgan fingerprint density at radius 2 is 1.63 bits per heavy atom. The standard InChI is InChI=1S/C24H22N4O4S3/c1-32-20-12-14-21(15-13-20)35(30,31)28(19-10-6-3-7-11-19)16-22(29)25-23-26-27-24(34-23)33-17-18-8-4-2-5-9-18/h2-15H,16-17H2,1H3,(H,25,26,29). The van der Waals surface area contributed by atoms with Crippen LogP contribution < -0.4 is 14.4 Å². The van der Waals surface area contributed by atoms with E-state index in [0.717, 1.165) is 15.6 Å². The maximum absolute atomic E-state index is 13.4. The average Bonchev–Trinajstić information content (AvgIpc) is 3.34. The number of hydrogen-bond donors (Lipinski definition) is 1. The predicted molar refractivity (Wildman–Crippen MR) is 139 cm³/mol. The zero-order chi connectivity index (χ0) is 24.7. The monoisotopic (exact) mass is 526 g/mol. The van der Waals surface area contributed by atoms with Crippen LogP contribution in [0.1, 0.15) is 5.56 Å². The number of hydrogen-bond acceptors (Lipinski definition) is 8. The number of aromatic nitrogens is 2. The Hall–Kier alpha value is -3.41. The molecule has 1 amide bonds. The van der Waals surface area contributed by atoms with Crippen LogP contribution in [0.2, 0.25) is 0 Å². The van der Waals surface area contributed by atoms with Crippen molar-refractivity contribution in [2.75, 3.05) is 23.3 Å². The largest absolute Gasteiger partial charge is 0.497 e. The highest BCUT2D eigenvalue weighted by atomic mass is 32.2. The van der Waals surface area contributed by atoms with E-state index in [1.54, 1.807) is 42.5 Å². The summed E-state index contributed by atoms with van der Waals surface area (Å²) in [4.78, 5) is 12.9. The van der Waals surface area contributed by atoms with E-state index in [0.29, 0.717) is 20.9 Å². The van der Waals surface area contributed by atoms with Crippen LogP contribution in [0.3, 0.4) is 0 Å². The van der Waals surface area contributed by atoms with Gasteiger partial charge in [-0.1, -0.05) is 71.6 Å². The van der Waals surface area contributed by atoms with E-state index in [9.17, 15) is 13.2 Å². The molecule has 1 heterocycles. The van der Waals surface area contributed by atoms with Crippen molar-refractivity contribution in [3.8, 4) is 5.75 Å². The Morgan fingerprint density at radius 1 is 0.971 bits per heavy atom. The zero-order valence-corrected chi connectivity index (χ0v) is 21.1. The van der Waals surface area contributed by atoms with Gasteiger partial charge in [0.15, 0.2) is 4.34 Å².